The maximum absolute atomic E-state index is 11.6. The summed E-state index contributed by atoms with van der Waals surface area (Å²) in [6.07, 6.45) is 0. The van der Waals surface area contributed by atoms with Crippen LogP contribution in [0, 0.1) is 0 Å². The van der Waals surface area contributed by atoms with Crippen molar-refractivity contribution < 1.29 is 14.3 Å². The molecule has 0 radical (unpaired) electrons. The molecule has 0 unspecified atom stereocenters. The van der Waals surface area contributed by atoms with Crippen molar-refractivity contribution in [2.45, 2.75) is 13.0 Å². The number of para-hydroxylation sites is 2. The summed E-state index contributed by atoms with van der Waals surface area (Å²) in [4.78, 5) is 23.1. The minimum atomic E-state index is -0.963. The first-order chi connectivity index (χ1) is 7.72. The minimum absolute atomic E-state index is 0.256. The van der Waals surface area contributed by atoms with Gasteiger partial charge in [0.05, 0.1) is 18.0 Å². The smallest absolute Gasteiger partial charge is 0.338 e. The maximum atomic E-state index is 11.6. The molecule has 0 saturated carbocycles. The summed E-state index contributed by atoms with van der Waals surface area (Å²) in [5, 5.41) is 5.49. The van der Waals surface area contributed by atoms with Gasteiger partial charge in [-0.15, -0.1) is 0 Å². The molecule has 84 valence electrons. The van der Waals surface area contributed by atoms with Gasteiger partial charge in [-0.05, 0) is 19.1 Å². The number of nitrogens with one attached hydrogen (secondary N) is 2. The fraction of sp³-hybridized carbons (Fsp3) is 0.273. The zero-order valence-corrected chi connectivity index (χ0v) is 8.82. The summed E-state index contributed by atoms with van der Waals surface area (Å²) >= 11 is 0. The van der Waals surface area contributed by atoms with Gasteiger partial charge in [-0.1, -0.05) is 12.1 Å². The normalized spacial score (nSPS) is 18.1. The van der Waals surface area contributed by atoms with E-state index in [1.165, 1.54) is 0 Å². The molecule has 1 amide bonds. The number of ether oxygens (including phenoxy) is 1. The lowest BCUT2D eigenvalue weighted by Crippen LogP contribution is -2.45. The monoisotopic (exact) mass is 220 g/mol. The number of fused-ring (bicyclic) bond motifs is 1. The summed E-state index contributed by atoms with van der Waals surface area (Å²) in [6.45, 7) is 1.96. The van der Waals surface area contributed by atoms with Crippen LogP contribution in [0.1, 0.15) is 6.92 Å². The Balaban J connectivity index is 2.21. The van der Waals surface area contributed by atoms with Gasteiger partial charge in [0.15, 0.2) is 0 Å². The van der Waals surface area contributed by atoms with Crippen LogP contribution in [-0.2, 0) is 14.3 Å². The van der Waals surface area contributed by atoms with Gasteiger partial charge in [0, 0.05) is 0 Å². The summed E-state index contributed by atoms with van der Waals surface area (Å²) < 4.78 is 4.80. The molecule has 1 aromatic carbocycles. The van der Waals surface area contributed by atoms with E-state index in [9.17, 15) is 9.59 Å². The van der Waals surface area contributed by atoms with E-state index < -0.39 is 17.9 Å². The summed E-state index contributed by atoms with van der Waals surface area (Å²) in [7, 11) is 0. The largest absolute Gasteiger partial charge is 0.464 e. The molecule has 0 bridgehead atoms. The fourth-order valence-electron chi connectivity index (χ4n) is 1.54. The van der Waals surface area contributed by atoms with E-state index in [1.807, 2.05) is 12.1 Å². The first-order valence-electron chi connectivity index (χ1n) is 5.05. The average molecular weight is 220 g/mol. The highest BCUT2D eigenvalue weighted by atomic mass is 16.5. The van der Waals surface area contributed by atoms with Crippen LogP contribution < -0.4 is 10.6 Å². The van der Waals surface area contributed by atoms with Crippen molar-refractivity contribution in [1.82, 2.24) is 0 Å². The lowest BCUT2D eigenvalue weighted by Gasteiger charge is -2.25. The quantitative estimate of drug-likeness (QED) is 0.576. The molecule has 5 heteroatoms. The Kier molecular flexibility index (Phi) is 2.76. The van der Waals surface area contributed by atoms with E-state index in [-0.39, 0.29) is 6.61 Å². The van der Waals surface area contributed by atoms with Gasteiger partial charge in [0.25, 0.3) is 5.91 Å². The SMILES string of the molecule is CCOC(=O)[C@@H]1Nc2ccccc2NC1=O. The summed E-state index contributed by atoms with van der Waals surface area (Å²) in [5.41, 5.74) is 1.40. The van der Waals surface area contributed by atoms with Gasteiger partial charge in [0.1, 0.15) is 0 Å². The number of rotatable bonds is 2. The van der Waals surface area contributed by atoms with E-state index in [1.54, 1.807) is 19.1 Å². The molecule has 2 N–H and O–H groups in total. The molecule has 0 spiro atoms. The summed E-state index contributed by atoms with van der Waals surface area (Å²) in [6, 6.07) is 6.23. The lowest BCUT2D eigenvalue weighted by atomic mass is 10.1. The first-order valence-corrected chi connectivity index (χ1v) is 5.05. The number of hydrogen-bond acceptors (Lipinski definition) is 4. The molecule has 2 rings (SSSR count). The molecule has 16 heavy (non-hydrogen) atoms. The highest BCUT2D eigenvalue weighted by Crippen LogP contribution is 2.25. The molecule has 0 aliphatic carbocycles. The van der Waals surface area contributed by atoms with E-state index in [2.05, 4.69) is 10.6 Å². The molecular weight excluding hydrogens is 208 g/mol. The van der Waals surface area contributed by atoms with E-state index >= 15 is 0 Å². The van der Waals surface area contributed by atoms with Gasteiger partial charge in [-0.2, -0.15) is 0 Å². The Morgan fingerprint density at radius 1 is 1.38 bits per heavy atom. The van der Waals surface area contributed by atoms with Crippen molar-refractivity contribution in [2.75, 3.05) is 17.2 Å². The number of carbonyl (C=O) groups is 2. The average Bonchev–Trinajstić information content (AvgIpc) is 2.28. The molecule has 1 aliphatic rings. The highest BCUT2D eigenvalue weighted by molar-refractivity contribution is 6.14. The van der Waals surface area contributed by atoms with E-state index in [0.29, 0.717) is 5.69 Å². The molecule has 1 aromatic rings. The third-order valence-corrected chi connectivity index (χ3v) is 2.27. The Morgan fingerprint density at radius 3 is 2.75 bits per heavy atom. The number of benzene rings is 1. The highest BCUT2D eigenvalue weighted by Gasteiger charge is 2.32. The van der Waals surface area contributed by atoms with Crippen LogP contribution in [0.15, 0.2) is 24.3 Å². The Bertz CT molecular complexity index is 431. The summed E-state index contributed by atoms with van der Waals surface area (Å²) in [5.74, 6) is -0.952. The zero-order chi connectivity index (χ0) is 11.5. The molecule has 0 saturated heterocycles. The second-order valence-corrected chi connectivity index (χ2v) is 3.36. The molecular formula is C11H12N2O3. The third-order valence-electron chi connectivity index (χ3n) is 2.27. The van der Waals surface area contributed by atoms with Gasteiger partial charge in [0.2, 0.25) is 6.04 Å². The second-order valence-electron chi connectivity index (χ2n) is 3.36. The van der Waals surface area contributed by atoms with Crippen molar-refractivity contribution in [3.8, 4) is 0 Å². The topological polar surface area (TPSA) is 67.4 Å². The van der Waals surface area contributed by atoms with Crippen LogP contribution in [-0.4, -0.2) is 24.5 Å². The standard InChI is InChI=1S/C11H12N2O3/c1-2-16-11(15)9-10(14)13-8-6-4-3-5-7(8)12-9/h3-6,9,12H,2H2,1H3,(H,13,14)/t9-/m1/s1. The maximum Gasteiger partial charge on any atom is 0.338 e. The van der Waals surface area contributed by atoms with E-state index in [0.717, 1.165) is 5.69 Å². The van der Waals surface area contributed by atoms with Crippen LogP contribution in [0.25, 0.3) is 0 Å². The molecule has 1 atom stereocenters. The van der Waals surface area contributed by atoms with E-state index in [4.69, 9.17) is 4.74 Å². The van der Waals surface area contributed by atoms with Crippen molar-refractivity contribution >= 4 is 23.3 Å². The van der Waals surface area contributed by atoms with Gasteiger partial charge >= 0.3 is 5.97 Å². The fourth-order valence-corrected chi connectivity index (χ4v) is 1.54. The number of esters is 1. The Labute approximate surface area is 92.8 Å². The predicted molar refractivity (Wildman–Crippen MR) is 59.1 cm³/mol. The number of anilines is 2. The molecule has 0 aromatic heterocycles. The second kappa shape index (κ2) is 4.22. The van der Waals surface area contributed by atoms with Crippen LogP contribution in [0.5, 0.6) is 0 Å². The molecule has 1 aliphatic heterocycles. The van der Waals surface area contributed by atoms with Gasteiger partial charge < -0.3 is 15.4 Å². The zero-order valence-electron chi connectivity index (χ0n) is 8.82. The number of amides is 1. The molecule has 0 fully saturated rings. The van der Waals surface area contributed by atoms with Crippen LogP contribution in [0.3, 0.4) is 0 Å². The lowest BCUT2D eigenvalue weighted by molar-refractivity contribution is -0.146. The first kappa shape index (κ1) is 10.5. The number of carbonyl (C=O) groups excluding carboxylic acids is 2. The van der Waals surface area contributed by atoms with Crippen molar-refractivity contribution in [2.24, 2.45) is 0 Å². The van der Waals surface area contributed by atoms with Crippen LogP contribution in [0.2, 0.25) is 0 Å². The number of hydrogen-bond donors (Lipinski definition) is 2. The van der Waals surface area contributed by atoms with Gasteiger partial charge in [-0.25, -0.2) is 4.79 Å². The van der Waals surface area contributed by atoms with Crippen LogP contribution in [0.4, 0.5) is 11.4 Å². The van der Waals surface area contributed by atoms with Gasteiger partial charge in [-0.3, -0.25) is 4.79 Å². The van der Waals surface area contributed by atoms with Crippen molar-refractivity contribution in [3.05, 3.63) is 24.3 Å². The van der Waals surface area contributed by atoms with Crippen LogP contribution >= 0.6 is 0 Å². The predicted octanol–water partition coefficient (Wildman–Crippen LogP) is 0.982. The minimum Gasteiger partial charge on any atom is -0.464 e. The Hall–Kier alpha value is -2.04. The third kappa shape index (κ3) is 1.84. The van der Waals surface area contributed by atoms with Crippen molar-refractivity contribution in [3.63, 3.8) is 0 Å². The molecule has 1 heterocycles. The Morgan fingerprint density at radius 2 is 2.06 bits per heavy atom. The molecule has 5 nitrogen and oxygen atoms in total. The van der Waals surface area contributed by atoms with Crippen molar-refractivity contribution in [1.29, 1.82) is 0 Å².